The SMILES string of the molecule is C/C=C1/CN(C(=O)OCC)c2ccccc21. The Morgan fingerprint density at radius 3 is 2.94 bits per heavy atom. The quantitative estimate of drug-likeness (QED) is 0.723. The fraction of sp³-hybridized carbons (Fsp3) is 0.308. The van der Waals surface area contributed by atoms with Gasteiger partial charge in [0.1, 0.15) is 0 Å². The van der Waals surface area contributed by atoms with Gasteiger partial charge in [0.25, 0.3) is 0 Å². The van der Waals surface area contributed by atoms with Crippen LogP contribution in [0.4, 0.5) is 10.5 Å². The van der Waals surface area contributed by atoms with E-state index >= 15 is 0 Å². The summed E-state index contributed by atoms with van der Waals surface area (Å²) in [5.41, 5.74) is 3.23. The maximum Gasteiger partial charge on any atom is 0.414 e. The Morgan fingerprint density at radius 1 is 1.50 bits per heavy atom. The lowest BCUT2D eigenvalue weighted by atomic mass is 10.1. The van der Waals surface area contributed by atoms with Crippen molar-refractivity contribution in [3.63, 3.8) is 0 Å². The highest BCUT2D eigenvalue weighted by Gasteiger charge is 2.28. The van der Waals surface area contributed by atoms with Gasteiger partial charge in [-0.3, -0.25) is 4.90 Å². The number of benzene rings is 1. The molecule has 84 valence electrons. The molecule has 0 aromatic heterocycles. The number of para-hydroxylation sites is 1. The number of carbonyl (C=O) groups is 1. The second kappa shape index (κ2) is 4.39. The number of nitrogens with zero attached hydrogens (tertiary/aromatic N) is 1. The summed E-state index contributed by atoms with van der Waals surface area (Å²) < 4.78 is 5.04. The van der Waals surface area contributed by atoms with E-state index in [1.165, 1.54) is 5.57 Å². The Bertz CT molecular complexity index is 437. The van der Waals surface area contributed by atoms with E-state index in [0.717, 1.165) is 11.3 Å². The molecule has 0 unspecified atom stereocenters. The smallest absolute Gasteiger partial charge is 0.414 e. The molecular formula is C13H15NO2. The van der Waals surface area contributed by atoms with Crippen LogP contribution in [0, 0.1) is 0 Å². The molecule has 0 aliphatic carbocycles. The van der Waals surface area contributed by atoms with Crippen molar-refractivity contribution in [2.75, 3.05) is 18.1 Å². The Labute approximate surface area is 95.3 Å². The van der Waals surface area contributed by atoms with Crippen LogP contribution >= 0.6 is 0 Å². The highest BCUT2D eigenvalue weighted by Crippen LogP contribution is 2.35. The number of ether oxygens (including phenoxy) is 1. The van der Waals surface area contributed by atoms with E-state index in [1.807, 2.05) is 44.2 Å². The fourth-order valence-electron chi connectivity index (χ4n) is 1.93. The molecular weight excluding hydrogens is 202 g/mol. The second-order valence-electron chi connectivity index (χ2n) is 3.62. The fourth-order valence-corrected chi connectivity index (χ4v) is 1.93. The van der Waals surface area contributed by atoms with E-state index in [1.54, 1.807) is 4.90 Å². The Morgan fingerprint density at radius 2 is 2.25 bits per heavy atom. The molecule has 1 aliphatic heterocycles. The topological polar surface area (TPSA) is 29.5 Å². The summed E-state index contributed by atoms with van der Waals surface area (Å²) in [7, 11) is 0. The molecule has 0 atom stereocenters. The van der Waals surface area contributed by atoms with Crippen LogP contribution in [0.5, 0.6) is 0 Å². The summed E-state index contributed by atoms with van der Waals surface area (Å²) in [6, 6.07) is 7.90. The average Bonchev–Trinajstić information content (AvgIpc) is 2.68. The van der Waals surface area contributed by atoms with E-state index in [-0.39, 0.29) is 6.09 Å². The van der Waals surface area contributed by atoms with Gasteiger partial charge in [-0.1, -0.05) is 24.3 Å². The lowest BCUT2D eigenvalue weighted by Crippen LogP contribution is -2.29. The molecule has 1 aliphatic rings. The molecule has 1 aromatic carbocycles. The minimum Gasteiger partial charge on any atom is -0.449 e. The molecule has 3 nitrogen and oxygen atoms in total. The van der Waals surface area contributed by atoms with Gasteiger partial charge >= 0.3 is 6.09 Å². The lowest BCUT2D eigenvalue weighted by Gasteiger charge is -2.15. The zero-order valence-corrected chi connectivity index (χ0v) is 9.56. The van der Waals surface area contributed by atoms with Gasteiger partial charge in [-0.05, 0) is 25.5 Å². The van der Waals surface area contributed by atoms with E-state index < -0.39 is 0 Å². The van der Waals surface area contributed by atoms with Gasteiger partial charge in [0, 0.05) is 5.56 Å². The molecule has 0 spiro atoms. The van der Waals surface area contributed by atoms with Gasteiger partial charge in [-0.15, -0.1) is 0 Å². The molecule has 0 saturated heterocycles. The average molecular weight is 217 g/mol. The second-order valence-corrected chi connectivity index (χ2v) is 3.62. The molecule has 0 fully saturated rings. The van der Waals surface area contributed by atoms with Gasteiger partial charge < -0.3 is 4.74 Å². The van der Waals surface area contributed by atoms with Crippen LogP contribution in [0.25, 0.3) is 5.57 Å². The van der Waals surface area contributed by atoms with Crippen LogP contribution in [0.1, 0.15) is 19.4 Å². The summed E-state index contributed by atoms with van der Waals surface area (Å²) in [5, 5.41) is 0. The summed E-state index contributed by atoms with van der Waals surface area (Å²) in [4.78, 5) is 13.4. The third kappa shape index (κ3) is 1.69. The van der Waals surface area contributed by atoms with E-state index in [4.69, 9.17) is 4.74 Å². The molecule has 0 bridgehead atoms. The first kappa shape index (κ1) is 10.7. The number of anilines is 1. The van der Waals surface area contributed by atoms with Crippen molar-refractivity contribution in [2.24, 2.45) is 0 Å². The van der Waals surface area contributed by atoms with Gasteiger partial charge in [0.05, 0.1) is 18.8 Å². The van der Waals surface area contributed by atoms with Gasteiger partial charge in [-0.2, -0.15) is 0 Å². The minimum absolute atomic E-state index is 0.271. The first-order valence-corrected chi connectivity index (χ1v) is 5.46. The van der Waals surface area contributed by atoms with Gasteiger partial charge in [0.2, 0.25) is 0 Å². The maximum absolute atomic E-state index is 11.7. The number of hydrogen-bond acceptors (Lipinski definition) is 2. The van der Waals surface area contributed by atoms with Crippen molar-refractivity contribution in [2.45, 2.75) is 13.8 Å². The van der Waals surface area contributed by atoms with Crippen molar-refractivity contribution >= 4 is 17.4 Å². The zero-order valence-electron chi connectivity index (χ0n) is 9.56. The normalized spacial score (nSPS) is 16.4. The first-order valence-electron chi connectivity index (χ1n) is 5.46. The van der Waals surface area contributed by atoms with Crippen molar-refractivity contribution < 1.29 is 9.53 Å². The Kier molecular flexibility index (Phi) is 2.95. The van der Waals surface area contributed by atoms with Crippen LogP contribution in [0.3, 0.4) is 0 Å². The number of allylic oxidation sites excluding steroid dienone is 1. The van der Waals surface area contributed by atoms with Gasteiger partial charge in [0.15, 0.2) is 0 Å². The maximum atomic E-state index is 11.7. The van der Waals surface area contributed by atoms with Crippen molar-refractivity contribution in [3.8, 4) is 0 Å². The third-order valence-electron chi connectivity index (χ3n) is 2.71. The summed E-state index contributed by atoms with van der Waals surface area (Å²) in [6.07, 6.45) is 1.77. The largest absolute Gasteiger partial charge is 0.449 e. The molecule has 3 heteroatoms. The first-order chi connectivity index (χ1) is 7.77. The monoisotopic (exact) mass is 217 g/mol. The predicted octanol–water partition coefficient (Wildman–Crippen LogP) is 3.07. The molecule has 0 radical (unpaired) electrons. The Balaban J connectivity index is 2.36. The lowest BCUT2D eigenvalue weighted by molar-refractivity contribution is 0.161. The molecule has 0 saturated carbocycles. The van der Waals surface area contributed by atoms with Gasteiger partial charge in [-0.25, -0.2) is 4.79 Å². The van der Waals surface area contributed by atoms with Crippen LogP contribution in [-0.4, -0.2) is 19.2 Å². The number of hydrogen-bond donors (Lipinski definition) is 0. The molecule has 16 heavy (non-hydrogen) atoms. The molecule has 1 amide bonds. The van der Waals surface area contributed by atoms with E-state index in [0.29, 0.717) is 13.2 Å². The van der Waals surface area contributed by atoms with Crippen LogP contribution in [-0.2, 0) is 4.74 Å². The highest BCUT2D eigenvalue weighted by atomic mass is 16.6. The van der Waals surface area contributed by atoms with E-state index in [2.05, 4.69) is 0 Å². The minimum atomic E-state index is -0.271. The summed E-state index contributed by atoms with van der Waals surface area (Å²) in [6.45, 7) is 4.81. The zero-order chi connectivity index (χ0) is 11.5. The molecule has 0 N–H and O–H groups in total. The predicted molar refractivity (Wildman–Crippen MR) is 64.5 cm³/mol. The molecule has 1 aromatic rings. The summed E-state index contributed by atoms with van der Waals surface area (Å²) in [5.74, 6) is 0. The van der Waals surface area contributed by atoms with E-state index in [9.17, 15) is 4.79 Å². The van der Waals surface area contributed by atoms with Crippen molar-refractivity contribution in [3.05, 3.63) is 35.9 Å². The van der Waals surface area contributed by atoms with Crippen LogP contribution in [0.2, 0.25) is 0 Å². The number of amides is 1. The molecule has 1 heterocycles. The Hall–Kier alpha value is -1.77. The number of rotatable bonds is 1. The third-order valence-corrected chi connectivity index (χ3v) is 2.71. The van der Waals surface area contributed by atoms with Crippen LogP contribution < -0.4 is 4.90 Å². The van der Waals surface area contributed by atoms with Crippen molar-refractivity contribution in [1.29, 1.82) is 0 Å². The van der Waals surface area contributed by atoms with Crippen molar-refractivity contribution in [1.82, 2.24) is 0 Å². The molecule has 2 rings (SSSR count). The standard InChI is InChI=1S/C13H15NO2/c1-3-10-9-14(13(15)16-4-2)12-8-6-5-7-11(10)12/h3,5-8H,4,9H2,1-2H3/b10-3-. The van der Waals surface area contributed by atoms with Crippen LogP contribution in [0.15, 0.2) is 30.3 Å². The number of carbonyl (C=O) groups excluding carboxylic acids is 1. The summed E-state index contributed by atoms with van der Waals surface area (Å²) >= 11 is 0. The highest BCUT2D eigenvalue weighted by molar-refractivity contribution is 5.99. The number of fused-ring (bicyclic) bond motifs is 1.